The third-order valence-electron chi connectivity index (χ3n) is 5.78. The molecule has 5 rings (SSSR count). The average molecular weight is 402 g/mol. The first-order chi connectivity index (χ1) is 14.5. The van der Waals surface area contributed by atoms with E-state index in [0.29, 0.717) is 29.1 Å². The second kappa shape index (κ2) is 6.62. The minimum absolute atomic E-state index is 0.0970. The Hall–Kier alpha value is -3.81. The summed E-state index contributed by atoms with van der Waals surface area (Å²) in [5.41, 5.74) is 0.577. The monoisotopic (exact) mass is 402 g/mol. The van der Waals surface area contributed by atoms with Crippen LogP contribution in [-0.2, 0) is 15.3 Å². The number of amides is 1. The fraction of sp³-hybridized carbons (Fsp3) is 0.227. The number of hydrogen-bond acceptors (Lipinski definition) is 5. The first-order valence-corrected chi connectivity index (χ1v) is 9.73. The van der Waals surface area contributed by atoms with Crippen molar-refractivity contribution in [2.75, 3.05) is 4.90 Å². The predicted molar refractivity (Wildman–Crippen MR) is 109 cm³/mol. The highest BCUT2D eigenvalue weighted by Gasteiger charge is 2.53. The van der Waals surface area contributed by atoms with Gasteiger partial charge >= 0.3 is 5.97 Å². The molecule has 150 valence electrons. The molecule has 0 radical (unpaired) electrons. The van der Waals surface area contributed by atoms with Crippen LogP contribution in [0, 0.1) is 0 Å². The van der Waals surface area contributed by atoms with Crippen molar-refractivity contribution in [2.45, 2.75) is 31.3 Å². The van der Waals surface area contributed by atoms with Gasteiger partial charge in [0.15, 0.2) is 11.5 Å². The Morgan fingerprint density at radius 1 is 1.07 bits per heavy atom. The van der Waals surface area contributed by atoms with E-state index >= 15 is 0 Å². The van der Waals surface area contributed by atoms with Crippen molar-refractivity contribution in [3.05, 3.63) is 65.0 Å². The molecular weight excluding hydrogens is 384 g/mol. The minimum atomic E-state index is -1.01. The van der Waals surface area contributed by atoms with E-state index in [1.54, 1.807) is 33.8 Å². The molecule has 0 unspecified atom stereocenters. The van der Waals surface area contributed by atoms with E-state index in [2.05, 4.69) is 10.1 Å². The number of aliphatic carboxylic acids is 1. The van der Waals surface area contributed by atoms with E-state index in [1.165, 1.54) is 0 Å². The summed E-state index contributed by atoms with van der Waals surface area (Å²) in [5, 5.41) is 14.0. The van der Waals surface area contributed by atoms with Crippen LogP contribution in [0.3, 0.4) is 0 Å². The Bertz CT molecular complexity index is 1240. The molecule has 8 heteroatoms. The van der Waals surface area contributed by atoms with E-state index in [1.807, 2.05) is 30.3 Å². The van der Waals surface area contributed by atoms with Crippen molar-refractivity contribution >= 4 is 17.6 Å². The molecule has 2 aliphatic heterocycles. The van der Waals surface area contributed by atoms with Gasteiger partial charge in [0.05, 0.1) is 5.69 Å². The predicted octanol–water partition coefficient (Wildman–Crippen LogP) is 2.63. The molecule has 30 heavy (non-hydrogen) atoms. The van der Waals surface area contributed by atoms with Gasteiger partial charge in [0.1, 0.15) is 5.66 Å². The summed E-state index contributed by atoms with van der Waals surface area (Å²) in [4.78, 5) is 43.2. The van der Waals surface area contributed by atoms with Crippen LogP contribution < -0.4 is 10.5 Å². The molecule has 1 amide bonds. The molecule has 2 aromatic carbocycles. The Labute approximate surface area is 171 Å². The van der Waals surface area contributed by atoms with Crippen molar-refractivity contribution in [1.82, 2.24) is 14.8 Å². The fourth-order valence-corrected chi connectivity index (χ4v) is 4.46. The zero-order valence-electron chi connectivity index (χ0n) is 16.0. The van der Waals surface area contributed by atoms with Gasteiger partial charge < -0.3 is 5.11 Å². The van der Waals surface area contributed by atoms with E-state index < -0.39 is 17.2 Å². The van der Waals surface area contributed by atoms with Crippen molar-refractivity contribution in [3.63, 3.8) is 0 Å². The van der Waals surface area contributed by atoms with E-state index in [0.717, 1.165) is 0 Å². The third kappa shape index (κ3) is 2.57. The summed E-state index contributed by atoms with van der Waals surface area (Å²) in [6.07, 6.45) is 0.690. The smallest absolute Gasteiger partial charge is 0.303 e. The molecule has 0 saturated carbocycles. The van der Waals surface area contributed by atoms with Crippen molar-refractivity contribution < 1.29 is 14.7 Å². The maximum Gasteiger partial charge on any atom is 0.303 e. The molecule has 0 spiro atoms. The standard InChI is InChI=1S/C22H18N4O4/c27-17-10-12-22(13-11-18(28)29)25(17)16-9-5-4-8-15(16)20-23-21(30)19(24-26(20)22)14-6-2-1-3-7-14/h1-9H,10-13H2,(H,28,29)/t22-/m1/s1. The van der Waals surface area contributed by atoms with Crippen LogP contribution in [0.4, 0.5) is 5.69 Å². The molecular formula is C22H18N4O4. The number of para-hydroxylation sites is 1. The largest absolute Gasteiger partial charge is 0.481 e. The number of benzene rings is 2. The average Bonchev–Trinajstić information content (AvgIpc) is 3.10. The summed E-state index contributed by atoms with van der Waals surface area (Å²) in [6, 6.07) is 16.2. The van der Waals surface area contributed by atoms with Gasteiger partial charge in [0.25, 0.3) is 5.56 Å². The lowest BCUT2D eigenvalue weighted by molar-refractivity contribution is -0.137. The number of rotatable bonds is 4. The van der Waals surface area contributed by atoms with Crippen LogP contribution >= 0.6 is 0 Å². The quantitative estimate of drug-likeness (QED) is 0.719. The van der Waals surface area contributed by atoms with Crippen LogP contribution in [0.25, 0.3) is 22.6 Å². The summed E-state index contributed by atoms with van der Waals surface area (Å²) in [5.74, 6) is -0.701. The van der Waals surface area contributed by atoms with Gasteiger partial charge in [0, 0.05) is 36.8 Å². The summed E-state index contributed by atoms with van der Waals surface area (Å²) >= 11 is 0. The van der Waals surface area contributed by atoms with Gasteiger partial charge in [-0.3, -0.25) is 19.3 Å². The number of carboxylic acids is 1. The van der Waals surface area contributed by atoms with Gasteiger partial charge in [-0.25, -0.2) is 4.68 Å². The lowest BCUT2D eigenvalue weighted by Crippen LogP contribution is -2.53. The van der Waals surface area contributed by atoms with Gasteiger partial charge in [0.2, 0.25) is 5.91 Å². The van der Waals surface area contributed by atoms with E-state index in [-0.39, 0.29) is 30.9 Å². The maximum absolute atomic E-state index is 12.9. The van der Waals surface area contributed by atoms with Crippen LogP contribution in [0.5, 0.6) is 0 Å². The van der Waals surface area contributed by atoms with Gasteiger partial charge in [-0.05, 0) is 12.1 Å². The zero-order chi connectivity index (χ0) is 20.9. The first-order valence-electron chi connectivity index (χ1n) is 9.73. The molecule has 0 aliphatic carbocycles. The molecule has 1 aromatic heterocycles. The van der Waals surface area contributed by atoms with Crippen LogP contribution in [0.1, 0.15) is 25.7 Å². The van der Waals surface area contributed by atoms with Gasteiger partial charge in [-0.2, -0.15) is 10.1 Å². The van der Waals surface area contributed by atoms with E-state index in [9.17, 15) is 19.5 Å². The normalized spacial score (nSPS) is 19.2. The number of anilines is 1. The van der Waals surface area contributed by atoms with Crippen LogP contribution in [-0.4, -0.2) is 31.7 Å². The summed E-state index contributed by atoms with van der Waals surface area (Å²) in [7, 11) is 0. The topological polar surface area (TPSA) is 105 Å². The minimum Gasteiger partial charge on any atom is -0.481 e. The summed E-state index contributed by atoms with van der Waals surface area (Å²) < 4.78 is 1.60. The number of carboxylic acid groups (broad SMARTS) is 1. The number of hydrogen-bond donors (Lipinski definition) is 1. The highest BCUT2D eigenvalue weighted by Crippen LogP contribution is 2.49. The second-order valence-corrected chi connectivity index (χ2v) is 7.49. The number of fused-ring (bicyclic) bond motifs is 6. The molecule has 1 fully saturated rings. The molecule has 8 nitrogen and oxygen atoms in total. The SMILES string of the molecule is O=C(O)CC[C@]12CCC(=O)N1c1ccccc1-c1nc(=O)c(-c3ccccc3)nn12. The highest BCUT2D eigenvalue weighted by atomic mass is 16.4. The van der Waals surface area contributed by atoms with Crippen molar-refractivity contribution in [1.29, 1.82) is 0 Å². The molecule has 1 N–H and O–H groups in total. The molecule has 3 heterocycles. The zero-order valence-corrected chi connectivity index (χ0v) is 16.0. The first kappa shape index (κ1) is 18.2. The maximum atomic E-state index is 12.9. The molecule has 1 saturated heterocycles. The Morgan fingerprint density at radius 2 is 1.80 bits per heavy atom. The molecule has 2 aliphatic rings. The third-order valence-corrected chi connectivity index (χ3v) is 5.78. The van der Waals surface area contributed by atoms with Crippen LogP contribution in [0.2, 0.25) is 0 Å². The molecule has 1 atom stereocenters. The number of carbonyl (C=O) groups is 2. The summed E-state index contributed by atoms with van der Waals surface area (Å²) in [6.45, 7) is 0. The van der Waals surface area contributed by atoms with Crippen LogP contribution in [0.15, 0.2) is 59.4 Å². The second-order valence-electron chi connectivity index (χ2n) is 7.49. The van der Waals surface area contributed by atoms with E-state index in [4.69, 9.17) is 0 Å². The Kier molecular flexibility index (Phi) is 4.02. The van der Waals surface area contributed by atoms with Gasteiger partial charge in [-0.15, -0.1) is 0 Å². The molecule has 3 aromatic rings. The van der Waals surface area contributed by atoms with Gasteiger partial charge in [-0.1, -0.05) is 42.5 Å². The Balaban J connectivity index is 1.81. The van der Waals surface area contributed by atoms with Crippen molar-refractivity contribution in [2.24, 2.45) is 0 Å². The fourth-order valence-electron chi connectivity index (χ4n) is 4.46. The van der Waals surface area contributed by atoms with Crippen molar-refractivity contribution in [3.8, 4) is 22.6 Å². The molecule has 0 bridgehead atoms. The number of nitrogens with zero attached hydrogens (tertiary/aromatic N) is 4. The number of carbonyl (C=O) groups excluding carboxylic acids is 1. The lowest BCUT2D eigenvalue weighted by atomic mass is 9.95. The highest BCUT2D eigenvalue weighted by molar-refractivity contribution is 6.01. The number of aromatic nitrogens is 3. The lowest BCUT2D eigenvalue weighted by Gasteiger charge is -2.44. The Morgan fingerprint density at radius 3 is 2.57 bits per heavy atom.